The molecule has 1 unspecified atom stereocenters. The van der Waals surface area contributed by atoms with Gasteiger partial charge >= 0.3 is 0 Å². The van der Waals surface area contributed by atoms with Crippen molar-refractivity contribution in [2.45, 2.75) is 25.4 Å². The van der Waals surface area contributed by atoms with Gasteiger partial charge in [0, 0.05) is 18.9 Å². The molecule has 0 aromatic carbocycles. The van der Waals surface area contributed by atoms with Crippen molar-refractivity contribution in [2.75, 3.05) is 6.54 Å². The Hall–Kier alpha value is -1.00. The molecule has 2 rings (SSSR count). The van der Waals surface area contributed by atoms with E-state index in [1.54, 1.807) is 0 Å². The molecule has 1 saturated heterocycles. The van der Waals surface area contributed by atoms with Crippen molar-refractivity contribution in [3.05, 3.63) is 30.1 Å². The van der Waals surface area contributed by atoms with Crippen LogP contribution in [0.3, 0.4) is 0 Å². The first kappa shape index (κ1) is 10.5. The second kappa shape index (κ2) is 4.68. The van der Waals surface area contributed by atoms with Crippen LogP contribution < -0.4 is 5.73 Å². The Morgan fingerprint density at radius 2 is 2.27 bits per heavy atom. The van der Waals surface area contributed by atoms with Gasteiger partial charge in [-0.05, 0) is 37.1 Å². The Labute approximate surface area is 95.3 Å². The number of hydrogen-bond donors (Lipinski definition) is 1. The monoisotopic (exact) mass is 221 g/mol. The smallest absolute Gasteiger partial charge is 0.0902 e. The molecular weight excluding hydrogens is 206 g/mol. The van der Waals surface area contributed by atoms with E-state index < -0.39 is 0 Å². The van der Waals surface area contributed by atoms with Crippen LogP contribution in [0, 0.1) is 0 Å². The lowest BCUT2D eigenvalue weighted by atomic mass is 10.2. The number of pyridine rings is 1. The summed E-state index contributed by atoms with van der Waals surface area (Å²) in [5.74, 6) is 0. The van der Waals surface area contributed by atoms with Crippen molar-refractivity contribution >= 4 is 17.2 Å². The molecule has 1 fully saturated rings. The van der Waals surface area contributed by atoms with Crippen LogP contribution in [0.15, 0.2) is 24.5 Å². The molecular formula is C11H15N3S. The highest BCUT2D eigenvalue weighted by molar-refractivity contribution is 7.80. The van der Waals surface area contributed by atoms with Gasteiger partial charge in [0.2, 0.25) is 0 Å². The quantitative estimate of drug-likeness (QED) is 0.782. The first-order valence-corrected chi connectivity index (χ1v) is 5.60. The number of likely N-dealkylation sites (tertiary alicyclic amines) is 1. The van der Waals surface area contributed by atoms with Crippen molar-refractivity contribution in [2.24, 2.45) is 5.73 Å². The predicted molar refractivity (Wildman–Crippen MR) is 64.5 cm³/mol. The largest absolute Gasteiger partial charge is 0.392 e. The summed E-state index contributed by atoms with van der Waals surface area (Å²) in [4.78, 5) is 6.98. The van der Waals surface area contributed by atoms with Gasteiger partial charge in [-0.1, -0.05) is 12.2 Å². The first-order chi connectivity index (χ1) is 7.27. The molecule has 2 N–H and O–H groups in total. The Kier molecular flexibility index (Phi) is 3.28. The molecule has 2 heterocycles. The molecule has 0 radical (unpaired) electrons. The average molecular weight is 221 g/mol. The van der Waals surface area contributed by atoms with Crippen LogP contribution in [0.25, 0.3) is 0 Å². The Bertz CT molecular complexity index is 339. The predicted octanol–water partition coefficient (Wildman–Crippen LogP) is 1.33. The zero-order chi connectivity index (χ0) is 10.7. The highest BCUT2D eigenvalue weighted by Crippen LogP contribution is 2.19. The zero-order valence-electron chi connectivity index (χ0n) is 8.60. The summed E-state index contributed by atoms with van der Waals surface area (Å²) >= 11 is 5.07. The van der Waals surface area contributed by atoms with E-state index in [1.165, 1.54) is 12.0 Å². The average Bonchev–Trinajstić information content (AvgIpc) is 2.67. The Morgan fingerprint density at radius 1 is 1.53 bits per heavy atom. The standard InChI is InChI=1S/C11H15N3S/c12-11(15)10-2-1-7-14(10)8-9-3-5-13-6-4-9/h3-6,10H,1-2,7-8H2,(H2,12,15). The number of aromatic nitrogens is 1. The molecule has 0 aliphatic carbocycles. The minimum atomic E-state index is 0.285. The molecule has 3 nitrogen and oxygen atoms in total. The summed E-state index contributed by atoms with van der Waals surface area (Å²) in [6, 6.07) is 4.36. The third-order valence-electron chi connectivity index (χ3n) is 2.83. The van der Waals surface area contributed by atoms with Gasteiger partial charge in [0.15, 0.2) is 0 Å². The number of nitrogens with two attached hydrogens (primary N) is 1. The molecule has 1 aromatic rings. The van der Waals surface area contributed by atoms with Gasteiger partial charge in [-0.15, -0.1) is 0 Å². The SMILES string of the molecule is NC(=S)C1CCCN1Cc1ccncc1. The fourth-order valence-corrected chi connectivity index (χ4v) is 2.33. The minimum Gasteiger partial charge on any atom is -0.392 e. The lowest BCUT2D eigenvalue weighted by molar-refractivity contribution is 0.295. The number of hydrogen-bond acceptors (Lipinski definition) is 3. The maximum Gasteiger partial charge on any atom is 0.0902 e. The minimum absolute atomic E-state index is 0.285. The lowest BCUT2D eigenvalue weighted by Gasteiger charge is -2.23. The van der Waals surface area contributed by atoms with Gasteiger partial charge in [-0.3, -0.25) is 9.88 Å². The highest BCUT2D eigenvalue weighted by Gasteiger charge is 2.26. The van der Waals surface area contributed by atoms with E-state index in [0.29, 0.717) is 4.99 Å². The Morgan fingerprint density at radius 3 is 2.93 bits per heavy atom. The molecule has 0 bridgehead atoms. The maximum absolute atomic E-state index is 5.72. The van der Waals surface area contributed by atoms with E-state index in [-0.39, 0.29) is 6.04 Å². The Balaban J connectivity index is 2.03. The van der Waals surface area contributed by atoms with Crippen LogP contribution in [0.1, 0.15) is 18.4 Å². The fourth-order valence-electron chi connectivity index (χ4n) is 2.06. The lowest BCUT2D eigenvalue weighted by Crippen LogP contribution is -2.38. The summed E-state index contributed by atoms with van der Waals surface area (Å²) < 4.78 is 0. The van der Waals surface area contributed by atoms with E-state index >= 15 is 0 Å². The van der Waals surface area contributed by atoms with Crippen molar-refractivity contribution in [1.82, 2.24) is 9.88 Å². The molecule has 0 saturated carbocycles. The molecule has 15 heavy (non-hydrogen) atoms. The van der Waals surface area contributed by atoms with Crippen LogP contribution in [0.2, 0.25) is 0 Å². The molecule has 0 spiro atoms. The highest BCUT2D eigenvalue weighted by atomic mass is 32.1. The molecule has 1 atom stereocenters. The molecule has 1 aliphatic rings. The van der Waals surface area contributed by atoms with Gasteiger partial charge in [0.05, 0.1) is 11.0 Å². The molecule has 1 aliphatic heterocycles. The van der Waals surface area contributed by atoms with Gasteiger partial charge in [-0.25, -0.2) is 0 Å². The van der Waals surface area contributed by atoms with Gasteiger partial charge in [0.1, 0.15) is 0 Å². The summed E-state index contributed by atoms with van der Waals surface area (Å²) in [6.07, 6.45) is 5.93. The molecule has 4 heteroatoms. The molecule has 80 valence electrons. The van der Waals surface area contributed by atoms with E-state index in [4.69, 9.17) is 18.0 Å². The molecule has 1 aromatic heterocycles. The first-order valence-electron chi connectivity index (χ1n) is 5.19. The van der Waals surface area contributed by atoms with E-state index in [1.807, 2.05) is 24.5 Å². The van der Waals surface area contributed by atoms with Crippen molar-refractivity contribution in [3.8, 4) is 0 Å². The second-order valence-corrected chi connectivity index (χ2v) is 4.36. The third kappa shape index (κ3) is 2.52. The summed E-state index contributed by atoms with van der Waals surface area (Å²) in [5, 5.41) is 0. The van der Waals surface area contributed by atoms with Gasteiger partial charge < -0.3 is 5.73 Å². The number of nitrogens with zero attached hydrogens (tertiary/aromatic N) is 2. The van der Waals surface area contributed by atoms with Crippen LogP contribution in [-0.2, 0) is 6.54 Å². The third-order valence-corrected chi connectivity index (χ3v) is 3.10. The van der Waals surface area contributed by atoms with E-state index in [0.717, 1.165) is 19.5 Å². The summed E-state index contributed by atoms with van der Waals surface area (Å²) in [5.41, 5.74) is 6.99. The summed E-state index contributed by atoms with van der Waals surface area (Å²) in [6.45, 7) is 2.01. The molecule has 0 amide bonds. The van der Waals surface area contributed by atoms with E-state index in [9.17, 15) is 0 Å². The summed E-state index contributed by atoms with van der Waals surface area (Å²) in [7, 11) is 0. The maximum atomic E-state index is 5.72. The fraction of sp³-hybridized carbons (Fsp3) is 0.455. The van der Waals surface area contributed by atoms with Gasteiger partial charge in [0.25, 0.3) is 0 Å². The van der Waals surface area contributed by atoms with Gasteiger partial charge in [-0.2, -0.15) is 0 Å². The van der Waals surface area contributed by atoms with Crippen LogP contribution in [-0.4, -0.2) is 27.5 Å². The van der Waals surface area contributed by atoms with Crippen molar-refractivity contribution < 1.29 is 0 Å². The van der Waals surface area contributed by atoms with Crippen LogP contribution in [0.4, 0.5) is 0 Å². The zero-order valence-corrected chi connectivity index (χ0v) is 9.41. The number of thiocarbonyl (C=S) groups is 1. The van der Waals surface area contributed by atoms with Crippen molar-refractivity contribution in [3.63, 3.8) is 0 Å². The number of rotatable bonds is 3. The topological polar surface area (TPSA) is 42.1 Å². The van der Waals surface area contributed by atoms with E-state index in [2.05, 4.69) is 9.88 Å². The normalized spacial score (nSPS) is 21.7. The second-order valence-electron chi connectivity index (χ2n) is 3.89. The van der Waals surface area contributed by atoms with Crippen LogP contribution in [0.5, 0.6) is 0 Å². The van der Waals surface area contributed by atoms with Crippen molar-refractivity contribution in [1.29, 1.82) is 0 Å². The van der Waals surface area contributed by atoms with Crippen LogP contribution >= 0.6 is 12.2 Å².